The Kier molecular flexibility index (Phi) is 3.75. The lowest BCUT2D eigenvalue weighted by Gasteiger charge is -2.05. The molecule has 5 heteroatoms. The summed E-state index contributed by atoms with van der Waals surface area (Å²) in [5.74, 6) is 1.26. The Morgan fingerprint density at radius 2 is 2.25 bits per heavy atom. The van der Waals surface area contributed by atoms with Crippen molar-refractivity contribution in [3.8, 4) is 0 Å². The molecule has 2 N–H and O–H groups in total. The van der Waals surface area contributed by atoms with Crippen LogP contribution in [0.1, 0.15) is 5.76 Å². The number of hydrogen-bond acceptors (Lipinski definition) is 3. The fourth-order valence-electron chi connectivity index (χ4n) is 1.21. The third-order valence-corrected chi connectivity index (χ3v) is 3.92. The topological polar surface area (TPSA) is 39.2 Å². The molecule has 0 radical (unpaired) electrons. The van der Waals surface area contributed by atoms with Crippen molar-refractivity contribution in [1.82, 2.24) is 0 Å². The predicted octanol–water partition coefficient (Wildman–Crippen LogP) is 3.90. The van der Waals surface area contributed by atoms with Crippen molar-refractivity contribution in [3.05, 3.63) is 45.7 Å². The molecule has 0 unspecified atom stereocenters. The van der Waals surface area contributed by atoms with Gasteiger partial charge in [-0.2, -0.15) is 0 Å². The van der Waals surface area contributed by atoms with Gasteiger partial charge in [-0.3, -0.25) is 0 Å². The third-order valence-electron chi connectivity index (χ3n) is 2.00. The summed E-state index contributed by atoms with van der Waals surface area (Å²) in [7, 11) is 0. The van der Waals surface area contributed by atoms with E-state index in [1.807, 2.05) is 34.7 Å². The minimum atomic E-state index is -0.239. The summed E-state index contributed by atoms with van der Waals surface area (Å²) in [6.45, 7) is 0. The van der Waals surface area contributed by atoms with Crippen molar-refractivity contribution in [2.24, 2.45) is 0 Å². The zero-order chi connectivity index (χ0) is 11.5. The zero-order valence-electron chi connectivity index (χ0n) is 8.24. The van der Waals surface area contributed by atoms with Crippen LogP contribution in [-0.2, 0) is 5.75 Å². The van der Waals surface area contributed by atoms with Crippen molar-refractivity contribution in [3.63, 3.8) is 0 Å². The number of furan rings is 1. The summed E-state index contributed by atoms with van der Waals surface area (Å²) >= 11 is 3.39. The quantitative estimate of drug-likeness (QED) is 0.519. The number of hydrogen-bond donors (Lipinski definition) is 1. The molecule has 2 nitrogen and oxygen atoms in total. The smallest absolute Gasteiger partial charge is 0.137 e. The number of anilines is 1. The van der Waals surface area contributed by atoms with Gasteiger partial charge in [-0.1, -0.05) is 0 Å². The van der Waals surface area contributed by atoms with Crippen molar-refractivity contribution >= 4 is 40.0 Å². The first-order chi connectivity index (χ1) is 7.66. The van der Waals surface area contributed by atoms with Gasteiger partial charge in [0.2, 0.25) is 0 Å². The largest absolute Gasteiger partial charge is 0.468 e. The van der Waals surface area contributed by atoms with Crippen LogP contribution < -0.4 is 5.73 Å². The Bertz CT molecular complexity index is 487. The molecule has 0 saturated heterocycles. The zero-order valence-corrected chi connectivity index (χ0v) is 11.2. The average molecular weight is 349 g/mol. The Morgan fingerprint density at radius 3 is 2.94 bits per heavy atom. The van der Waals surface area contributed by atoms with E-state index >= 15 is 0 Å². The molecular weight excluding hydrogens is 340 g/mol. The molecule has 0 saturated carbocycles. The van der Waals surface area contributed by atoms with Crippen molar-refractivity contribution < 1.29 is 8.81 Å². The van der Waals surface area contributed by atoms with Crippen LogP contribution in [0.25, 0.3) is 0 Å². The lowest BCUT2D eigenvalue weighted by molar-refractivity contribution is 0.530. The SMILES string of the molecule is Nc1cc(I)c(F)cc1SCc1ccco1. The van der Waals surface area contributed by atoms with Crippen LogP contribution in [0.3, 0.4) is 0 Å². The molecule has 16 heavy (non-hydrogen) atoms. The highest BCUT2D eigenvalue weighted by Gasteiger charge is 2.07. The maximum absolute atomic E-state index is 13.3. The van der Waals surface area contributed by atoms with Gasteiger partial charge in [0, 0.05) is 10.6 Å². The minimum absolute atomic E-state index is 0.239. The lowest BCUT2D eigenvalue weighted by Crippen LogP contribution is -1.93. The Balaban J connectivity index is 2.12. The number of benzene rings is 1. The second-order valence-corrected chi connectivity index (χ2v) is 5.35. The van der Waals surface area contributed by atoms with Gasteiger partial charge in [-0.05, 0) is 46.9 Å². The fourth-order valence-corrected chi connectivity index (χ4v) is 2.58. The van der Waals surface area contributed by atoms with Crippen LogP contribution in [-0.4, -0.2) is 0 Å². The first-order valence-electron chi connectivity index (χ1n) is 4.56. The van der Waals surface area contributed by atoms with Gasteiger partial charge in [-0.15, -0.1) is 11.8 Å². The van der Waals surface area contributed by atoms with Gasteiger partial charge in [0.25, 0.3) is 0 Å². The molecule has 2 rings (SSSR count). The molecule has 0 atom stereocenters. The van der Waals surface area contributed by atoms with E-state index in [2.05, 4.69) is 0 Å². The number of nitrogens with two attached hydrogens (primary N) is 1. The van der Waals surface area contributed by atoms with Gasteiger partial charge in [0.1, 0.15) is 11.6 Å². The summed E-state index contributed by atoms with van der Waals surface area (Å²) in [5.41, 5.74) is 6.41. The van der Waals surface area contributed by atoms with Crippen molar-refractivity contribution in [2.75, 3.05) is 5.73 Å². The Labute approximate surface area is 111 Å². The molecule has 1 aromatic heterocycles. The normalized spacial score (nSPS) is 10.6. The van der Waals surface area contributed by atoms with E-state index in [1.165, 1.54) is 17.8 Å². The molecule has 84 valence electrons. The molecule has 0 aliphatic heterocycles. The lowest BCUT2D eigenvalue weighted by atomic mass is 10.3. The maximum atomic E-state index is 13.3. The van der Waals surface area contributed by atoms with E-state index < -0.39 is 0 Å². The van der Waals surface area contributed by atoms with E-state index in [1.54, 1.807) is 12.3 Å². The first kappa shape index (κ1) is 11.8. The van der Waals surface area contributed by atoms with Crippen LogP contribution in [0.2, 0.25) is 0 Å². The molecule has 2 aromatic rings. The van der Waals surface area contributed by atoms with E-state index in [9.17, 15) is 4.39 Å². The summed E-state index contributed by atoms with van der Waals surface area (Å²) < 4.78 is 19.1. The summed E-state index contributed by atoms with van der Waals surface area (Å²) in [6, 6.07) is 6.81. The van der Waals surface area contributed by atoms with E-state index in [0.717, 1.165) is 10.7 Å². The fraction of sp³-hybridized carbons (Fsp3) is 0.0909. The first-order valence-corrected chi connectivity index (χ1v) is 6.63. The molecule has 0 aliphatic rings. The number of halogens is 2. The van der Waals surface area contributed by atoms with Gasteiger partial charge in [-0.25, -0.2) is 4.39 Å². The molecule has 0 fully saturated rings. The molecular formula is C11H9FINOS. The van der Waals surface area contributed by atoms with Crippen LogP contribution in [0, 0.1) is 9.39 Å². The number of thioether (sulfide) groups is 1. The molecule has 0 bridgehead atoms. The van der Waals surface area contributed by atoms with Gasteiger partial charge < -0.3 is 10.2 Å². The van der Waals surface area contributed by atoms with Gasteiger partial charge in [0.05, 0.1) is 15.6 Å². The molecule has 1 aromatic carbocycles. The summed E-state index contributed by atoms with van der Waals surface area (Å²) in [5, 5.41) is 0. The summed E-state index contributed by atoms with van der Waals surface area (Å²) in [6.07, 6.45) is 1.62. The average Bonchev–Trinajstić information content (AvgIpc) is 2.74. The van der Waals surface area contributed by atoms with Crippen LogP contribution in [0.5, 0.6) is 0 Å². The highest BCUT2D eigenvalue weighted by Crippen LogP contribution is 2.30. The number of nitrogen functional groups attached to an aromatic ring is 1. The van der Waals surface area contributed by atoms with E-state index in [-0.39, 0.29) is 5.82 Å². The molecule has 0 amide bonds. The van der Waals surface area contributed by atoms with Crippen LogP contribution >= 0.6 is 34.4 Å². The van der Waals surface area contributed by atoms with Gasteiger partial charge >= 0.3 is 0 Å². The highest BCUT2D eigenvalue weighted by atomic mass is 127. The van der Waals surface area contributed by atoms with E-state index in [0.29, 0.717) is 15.0 Å². The highest BCUT2D eigenvalue weighted by molar-refractivity contribution is 14.1. The van der Waals surface area contributed by atoms with Crippen LogP contribution in [0.4, 0.5) is 10.1 Å². The monoisotopic (exact) mass is 349 g/mol. The van der Waals surface area contributed by atoms with Crippen LogP contribution in [0.15, 0.2) is 39.8 Å². The Hall–Kier alpha value is -0.690. The third kappa shape index (κ3) is 2.70. The van der Waals surface area contributed by atoms with Gasteiger partial charge in [0.15, 0.2) is 0 Å². The second kappa shape index (κ2) is 5.09. The Morgan fingerprint density at radius 1 is 1.44 bits per heavy atom. The predicted molar refractivity (Wildman–Crippen MR) is 71.8 cm³/mol. The standard InChI is InChI=1S/C11H9FINOS/c12-8-4-11(10(14)5-9(8)13)16-6-7-2-1-3-15-7/h1-5H,6,14H2. The van der Waals surface area contributed by atoms with E-state index in [4.69, 9.17) is 10.2 Å². The molecule has 0 aliphatic carbocycles. The summed E-state index contributed by atoms with van der Waals surface area (Å²) in [4.78, 5) is 0.745. The molecule has 1 heterocycles. The molecule has 0 spiro atoms. The minimum Gasteiger partial charge on any atom is -0.468 e. The van der Waals surface area contributed by atoms with Crippen molar-refractivity contribution in [2.45, 2.75) is 10.6 Å². The number of rotatable bonds is 3. The second-order valence-electron chi connectivity index (χ2n) is 3.17. The van der Waals surface area contributed by atoms with Crippen molar-refractivity contribution in [1.29, 1.82) is 0 Å². The maximum Gasteiger partial charge on any atom is 0.137 e.